The summed E-state index contributed by atoms with van der Waals surface area (Å²) in [5, 5.41) is 8.66. The number of aliphatic hydroxyl groups is 1. The van der Waals surface area contributed by atoms with E-state index in [2.05, 4.69) is 4.98 Å². The minimum Gasteiger partial charge on any atom is -0.444 e. The molecule has 0 saturated heterocycles. The van der Waals surface area contributed by atoms with E-state index in [-0.39, 0.29) is 6.61 Å². The summed E-state index contributed by atoms with van der Waals surface area (Å²) in [7, 11) is 0. The minimum absolute atomic E-state index is 0.139. The Bertz CT molecular complexity index is 225. The van der Waals surface area contributed by atoms with Crippen molar-refractivity contribution in [1.82, 2.24) is 4.98 Å². The number of hydrogen-bond acceptors (Lipinski definition) is 4. The third kappa shape index (κ3) is 1.58. The number of nitrogens with two attached hydrogens (primary N) is 1. The number of aryl methyl sites for hydroxylation is 2. The van der Waals surface area contributed by atoms with Crippen molar-refractivity contribution >= 4 is 0 Å². The largest absolute Gasteiger partial charge is 0.444 e. The van der Waals surface area contributed by atoms with Gasteiger partial charge >= 0.3 is 0 Å². The van der Waals surface area contributed by atoms with Gasteiger partial charge in [-0.3, -0.25) is 0 Å². The van der Waals surface area contributed by atoms with Crippen LogP contribution >= 0.6 is 0 Å². The zero-order chi connectivity index (χ0) is 8.43. The zero-order valence-corrected chi connectivity index (χ0v) is 6.66. The summed E-state index contributed by atoms with van der Waals surface area (Å²) in [6.45, 7) is 3.52. The molecule has 0 spiro atoms. The van der Waals surface area contributed by atoms with Gasteiger partial charge in [0.1, 0.15) is 11.8 Å². The van der Waals surface area contributed by atoms with E-state index in [1.165, 1.54) is 0 Å². The molecule has 0 aromatic carbocycles. The minimum atomic E-state index is -0.498. The van der Waals surface area contributed by atoms with Crippen LogP contribution in [0.15, 0.2) is 4.42 Å². The van der Waals surface area contributed by atoms with Gasteiger partial charge in [0.2, 0.25) is 5.89 Å². The Labute approximate surface area is 65.0 Å². The van der Waals surface area contributed by atoms with Crippen LogP contribution in [-0.2, 0) is 0 Å². The fourth-order valence-corrected chi connectivity index (χ4v) is 0.734. The van der Waals surface area contributed by atoms with Crippen molar-refractivity contribution in [1.29, 1.82) is 0 Å². The summed E-state index contributed by atoms with van der Waals surface area (Å²) in [4.78, 5) is 4.03. The highest BCUT2D eigenvalue weighted by molar-refractivity contribution is 5.07. The second kappa shape index (κ2) is 3.02. The molecule has 1 heterocycles. The first kappa shape index (κ1) is 8.23. The average Bonchev–Trinajstić information content (AvgIpc) is 2.31. The lowest BCUT2D eigenvalue weighted by Gasteiger charge is -1.99. The first-order chi connectivity index (χ1) is 5.15. The topological polar surface area (TPSA) is 72.3 Å². The van der Waals surface area contributed by atoms with Gasteiger partial charge in [-0.25, -0.2) is 4.98 Å². The SMILES string of the molecule is Cc1nc([C@@H](N)CO)oc1C. The molecule has 1 aromatic heterocycles. The molecule has 0 amide bonds. The highest BCUT2D eigenvalue weighted by Crippen LogP contribution is 2.13. The van der Waals surface area contributed by atoms with E-state index in [1.54, 1.807) is 0 Å². The van der Waals surface area contributed by atoms with Crippen molar-refractivity contribution in [3.05, 3.63) is 17.3 Å². The quantitative estimate of drug-likeness (QED) is 0.645. The van der Waals surface area contributed by atoms with Gasteiger partial charge in [-0.2, -0.15) is 0 Å². The normalized spacial score (nSPS) is 13.5. The Morgan fingerprint density at radius 3 is 2.64 bits per heavy atom. The Kier molecular flexibility index (Phi) is 2.26. The van der Waals surface area contributed by atoms with Crippen LogP contribution in [-0.4, -0.2) is 16.7 Å². The third-order valence-electron chi connectivity index (χ3n) is 1.56. The molecule has 4 nitrogen and oxygen atoms in total. The molecule has 62 valence electrons. The Hall–Kier alpha value is -0.870. The Morgan fingerprint density at radius 2 is 2.27 bits per heavy atom. The van der Waals surface area contributed by atoms with Crippen LogP contribution in [0.25, 0.3) is 0 Å². The molecule has 4 heteroatoms. The molecular weight excluding hydrogens is 144 g/mol. The van der Waals surface area contributed by atoms with Crippen molar-refractivity contribution in [3.63, 3.8) is 0 Å². The van der Waals surface area contributed by atoms with Crippen molar-refractivity contribution in [2.75, 3.05) is 6.61 Å². The lowest BCUT2D eigenvalue weighted by molar-refractivity contribution is 0.246. The fraction of sp³-hybridized carbons (Fsp3) is 0.571. The van der Waals surface area contributed by atoms with Gasteiger partial charge in [0.05, 0.1) is 12.3 Å². The lowest BCUT2D eigenvalue weighted by atomic mass is 10.3. The van der Waals surface area contributed by atoms with Gasteiger partial charge in [-0.15, -0.1) is 0 Å². The zero-order valence-electron chi connectivity index (χ0n) is 6.66. The number of hydrogen-bond donors (Lipinski definition) is 2. The van der Waals surface area contributed by atoms with Gasteiger partial charge in [-0.1, -0.05) is 0 Å². The predicted molar refractivity (Wildman–Crippen MR) is 40.0 cm³/mol. The Morgan fingerprint density at radius 1 is 1.64 bits per heavy atom. The highest BCUT2D eigenvalue weighted by Gasteiger charge is 2.12. The number of nitrogens with zero attached hydrogens (tertiary/aromatic N) is 1. The van der Waals surface area contributed by atoms with Crippen LogP contribution < -0.4 is 5.73 Å². The maximum atomic E-state index is 8.66. The van der Waals surface area contributed by atoms with Crippen LogP contribution in [0.1, 0.15) is 23.4 Å². The van der Waals surface area contributed by atoms with E-state index < -0.39 is 6.04 Å². The molecule has 1 atom stereocenters. The van der Waals surface area contributed by atoms with Crippen molar-refractivity contribution in [3.8, 4) is 0 Å². The molecule has 0 fully saturated rings. The number of oxazole rings is 1. The average molecular weight is 156 g/mol. The maximum absolute atomic E-state index is 8.66. The predicted octanol–water partition coefficient (Wildman–Crippen LogP) is 0.284. The van der Waals surface area contributed by atoms with E-state index in [1.807, 2.05) is 13.8 Å². The van der Waals surface area contributed by atoms with Crippen molar-refractivity contribution in [2.45, 2.75) is 19.9 Å². The molecule has 1 rings (SSSR count). The van der Waals surface area contributed by atoms with E-state index in [0.29, 0.717) is 5.89 Å². The number of rotatable bonds is 2. The van der Waals surface area contributed by atoms with E-state index >= 15 is 0 Å². The van der Waals surface area contributed by atoms with Crippen molar-refractivity contribution < 1.29 is 9.52 Å². The van der Waals surface area contributed by atoms with E-state index in [4.69, 9.17) is 15.3 Å². The van der Waals surface area contributed by atoms with Crippen LogP contribution in [0, 0.1) is 13.8 Å². The second-order valence-corrected chi connectivity index (χ2v) is 2.48. The molecule has 1 aromatic rings. The molecule has 0 aliphatic rings. The van der Waals surface area contributed by atoms with E-state index in [0.717, 1.165) is 11.5 Å². The number of aromatic nitrogens is 1. The summed E-state index contributed by atoms with van der Waals surface area (Å²) >= 11 is 0. The van der Waals surface area contributed by atoms with Crippen molar-refractivity contribution in [2.24, 2.45) is 5.73 Å². The number of aliphatic hydroxyl groups excluding tert-OH is 1. The molecule has 0 aliphatic carbocycles. The third-order valence-corrected chi connectivity index (χ3v) is 1.56. The molecule has 0 saturated carbocycles. The van der Waals surface area contributed by atoms with Crippen LogP contribution in [0.4, 0.5) is 0 Å². The highest BCUT2D eigenvalue weighted by atomic mass is 16.4. The molecular formula is C7H12N2O2. The Balaban J connectivity index is 2.88. The smallest absolute Gasteiger partial charge is 0.213 e. The first-order valence-corrected chi connectivity index (χ1v) is 3.45. The van der Waals surface area contributed by atoms with Gasteiger partial charge in [0.25, 0.3) is 0 Å². The van der Waals surface area contributed by atoms with Gasteiger partial charge in [0.15, 0.2) is 0 Å². The van der Waals surface area contributed by atoms with E-state index in [9.17, 15) is 0 Å². The summed E-state index contributed by atoms with van der Waals surface area (Å²) in [6, 6.07) is -0.498. The monoisotopic (exact) mass is 156 g/mol. The second-order valence-electron chi connectivity index (χ2n) is 2.48. The molecule has 0 aliphatic heterocycles. The maximum Gasteiger partial charge on any atom is 0.213 e. The standard InChI is InChI=1S/C7H12N2O2/c1-4-5(2)11-7(9-4)6(8)3-10/h6,10H,3,8H2,1-2H3/t6-/m0/s1. The summed E-state index contributed by atoms with van der Waals surface area (Å²) < 4.78 is 5.17. The van der Waals surface area contributed by atoms with Gasteiger partial charge < -0.3 is 15.3 Å². The fourth-order valence-electron chi connectivity index (χ4n) is 0.734. The molecule has 11 heavy (non-hydrogen) atoms. The first-order valence-electron chi connectivity index (χ1n) is 3.45. The summed E-state index contributed by atoms with van der Waals surface area (Å²) in [6.07, 6.45) is 0. The molecule has 0 bridgehead atoms. The lowest BCUT2D eigenvalue weighted by Crippen LogP contribution is -2.14. The summed E-state index contributed by atoms with van der Waals surface area (Å²) in [5.41, 5.74) is 6.29. The van der Waals surface area contributed by atoms with Gasteiger partial charge in [0, 0.05) is 0 Å². The van der Waals surface area contributed by atoms with Crippen LogP contribution in [0.2, 0.25) is 0 Å². The van der Waals surface area contributed by atoms with Crippen LogP contribution in [0.3, 0.4) is 0 Å². The summed E-state index contributed by atoms with van der Waals surface area (Å²) in [5.74, 6) is 1.16. The van der Waals surface area contributed by atoms with Crippen LogP contribution in [0.5, 0.6) is 0 Å². The molecule has 0 radical (unpaired) electrons. The molecule has 0 unspecified atom stereocenters. The van der Waals surface area contributed by atoms with Gasteiger partial charge in [-0.05, 0) is 13.8 Å². The molecule has 3 N–H and O–H groups in total.